The first-order valence-electron chi connectivity index (χ1n) is 10.3. The van der Waals surface area contributed by atoms with Crippen LogP contribution in [0.5, 0.6) is 17.2 Å². The van der Waals surface area contributed by atoms with Gasteiger partial charge in [0.2, 0.25) is 0 Å². The lowest BCUT2D eigenvalue weighted by atomic mass is 10.1. The number of fused-ring (bicyclic) bond motifs is 2. The third kappa shape index (κ3) is 3.84. The third-order valence-corrected chi connectivity index (χ3v) is 5.20. The molecule has 0 bridgehead atoms. The second-order valence-corrected chi connectivity index (χ2v) is 7.12. The first-order valence-corrected chi connectivity index (χ1v) is 10.3. The summed E-state index contributed by atoms with van der Waals surface area (Å²) in [5.41, 5.74) is 2.82. The summed E-state index contributed by atoms with van der Waals surface area (Å²) < 4.78 is 11.3. The van der Waals surface area contributed by atoms with E-state index in [1.165, 1.54) is 6.92 Å². The molecule has 0 radical (unpaired) electrons. The maximum atomic E-state index is 13.8. The minimum absolute atomic E-state index is 0.189. The Hall–Kier alpha value is -3.80. The second kappa shape index (κ2) is 8.52. The summed E-state index contributed by atoms with van der Waals surface area (Å²) in [7, 11) is 0. The van der Waals surface area contributed by atoms with E-state index in [0.717, 1.165) is 24.5 Å². The predicted octanol–water partition coefficient (Wildman–Crippen LogP) is 5.54. The maximum absolute atomic E-state index is 13.8. The molecule has 0 saturated carbocycles. The Morgan fingerprint density at radius 1 is 0.903 bits per heavy atom. The van der Waals surface area contributed by atoms with Crippen LogP contribution >= 0.6 is 0 Å². The van der Waals surface area contributed by atoms with E-state index in [4.69, 9.17) is 9.47 Å². The van der Waals surface area contributed by atoms with Crippen LogP contribution in [0.3, 0.4) is 0 Å². The van der Waals surface area contributed by atoms with Crippen molar-refractivity contribution in [1.29, 1.82) is 0 Å². The first-order chi connectivity index (χ1) is 15.0. The van der Waals surface area contributed by atoms with Crippen LogP contribution in [0.2, 0.25) is 0 Å². The van der Waals surface area contributed by atoms with Crippen LogP contribution in [0.25, 0.3) is 0 Å². The highest BCUT2D eigenvalue weighted by Crippen LogP contribution is 2.51. The number of nitrogens with zero attached hydrogens (tertiary/aromatic N) is 2. The van der Waals surface area contributed by atoms with Gasteiger partial charge in [0.15, 0.2) is 11.5 Å². The van der Waals surface area contributed by atoms with Crippen LogP contribution in [-0.2, 0) is 4.79 Å². The maximum Gasteiger partial charge on any atom is 0.308 e. The summed E-state index contributed by atoms with van der Waals surface area (Å²) in [5.74, 6) is 1.06. The minimum atomic E-state index is -0.404. The highest BCUT2D eigenvalue weighted by molar-refractivity contribution is 6.15. The van der Waals surface area contributed by atoms with E-state index in [2.05, 4.69) is 18.7 Å². The summed E-state index contributed by atoms with van der Waals surface area (Å²) in [4.78, 5) is 28.9. The summed E-state index contributed by atoms with van der Waals surface area (Å²) in [6, 6.07) is 19.9. The molecule has 3 aromatic rings. The van der Waals surface area contributed by atoms with Crippen LogP contribution in [-0.4, -0.2) is 25.0 Å². The first kappa shape index (κ1) is 20.5. The fourth-order valence-electron chi connectivity index (χ4n) is 3.78. The minimum Gasteiger partial charge on any atom is -0.453 e. The van der Waals surface area contributed by atoms with E-state index in [9.17, 15) is 9.59 Å². The highest BCUT2D eigenvalue weighted by atomic mass is 16.5. The molecule has 6 heteroatoms. The van der Waals surface area contributed by atoms with Crippen LogP contribution in [0, 0.1) is 0 Å². The molecule has 1 amide bonds. The zero-order chi connectivity index (χ0) is 22.0. The molecule has 1 aliphatic rings. The highest BCUT2D eigenvalue weighted by Gasteiger charge is 2.33. The van der Waals surface area contributed by atoms with Gasteiger partial charge in [0.05, 0.1) is 11.4 Å². The summed E-state index contributed by atoms with van der Waals surface area (Å²) in [6.45, 7) is 7.11. The molecular weight excluding hydrogens is 392 g/mol. The van der Waals surface area contributed by atoms with Crippen molar-refractivity contribution in [2.75, 3.05) is 22.9 Å². The predicted molar refractivity (Wildman–Crippen MR) is 121 cm³/mol. The molecule has 0 aliphatic carbocycles. The van der Waals surface area contributed by atoms with E-state index >= 15 is 0 Å². The molecule has 0 fully saturated rings. The zero-order valence-corrected chi connectivity index (χ0v) is 17.8. The Kier molecular flexibility index (Phi) is 5.62. The van der Waals surface area contributed by atoms with Crippen molar-refractivity contribution in [2.45, 2.75) is 20.8 Å². The standard InChI is InChI=1S/C25H24N2O4/c1-4-26(5-2)21-10-8-12-23-24(21)27(20-9-6-7-11-22(20)31-23)25(29)18-13-15-19(16-14-18)30-17(3)28/h6-16H,4-5H2,1-3H3. The van der Waals surface area contributed by atoms with Crippen LogP contribution in [0.1, 0.15) is 31.1 Å². The molecular formula is C25H24N2O4. The number of amides is 1. The van der Waals surface area contributed by atoms with Gasteiger partial charge in [-0.3, -0.25) is 14.5 Å². The van der Waals surface area contributed by atoms with E-state index < -0.39 is 5.97 Å². The number of esters is 1. The van der Waals surface area contributed by atoms with Crippen LogP contribution in [0.15, 0.2) is 66.7 Å². The van der Waals surface area contributed by atoms with Crippen molar-refractivity contribution in [1.82, 2.24) is 0 Å². The summed E-state index contributed by atoms with van der Waals surface area (Å²) >= 11 is 0. The Bertz CT molecular complexity index is 1120. The van der Waals surface area contributed by atoms with Gasteiger partial charge < -0.3 is 14.4 Å². The van der Waals surface area contributed by atoms with Crippen molar-refractivity contribution in [3.8, 4) is 17.2 Å². The molecule has 158 valence electrons. The van der Waals surface area contributed by atoms with Crippen molar-refractivity contribution >= 4 is 28.9 Å². The summed E-state index contributed by atoms with van der Waals surface area (Å²) in [5, 5.41) is 0. The number of hydrogen-bond acceptors (Lipinski definition) is 5. The van der Waals surface area contributed by atoms with Gasteiger partial charge in [-0.1, -0.05) is 18.2 Å². The van der Waals surface area contributed by atoms with Gasteiger partial charge in [-0.15, -0.1) is 0 Å². The van der Waals surface area contributed by atoms with Gasteiger partial charge in [-0.25, -0.2) is 0 Å². The molecule has 4 rings (SSSR count). The fraction of sp³-hybridized carbons (Fsp3) is 0.200. The number of benzene rings is 3. The molecule has 0 unspecified atom stereocenters. The quantitative estimate of drug-likeness (QED) is 0.404. The van der Waals surface area contributed by atoms with Crippen LogP contribution in [0.4, 0.5) is 17.1 Å². The average molecular weight is 416 g/mol. The van der Waals surface area contributed by atoms with E-state index in [-0.39, 0.29) is 5.91 Å². The molecule has 0 N–H and O–H groups in total. The lowest BCUT2D eigenvalue weighted by Gasteiger charge is -2.35. The molecule has 1 heterocycles. The Morgan fingerprint density at radius 3 is 2.26 bits per heavy atom. The van der Waals surface area contributed by atoms with E-state index in [0.29, 0.717) is 28.5 Å². The summed E-state index contributed by atoms with van der Waals surface area (Å²) in [6.07, 6.45) is 0. The number of carbonyl (C=O) groups excluding carboxylic acids is 2. The molecule has 3 aromatic carbocycles. The SMILES string of the molecule is CCN(CC)c1cccc2c1N(C(=O)c1ccc(OC(C)=O)cc1)c1ccccc1O2. The fourth-order valence-corrected chi connectivity index (χ4v) is 3.78. The van der Waals surface area contributed by atoms with Gasteiger partial charge in [-0.2, -0.15) is 0 Å². The molecule has 0 spiro atoms. The smallest absolute Gasteiger partial charge is 0.308 e. The number of para-hydroxylation sites is 3. The molecule has 31 heavy (non-hydrogen) atoms. The van der Waals surface area contributed by atoms with Crippen molar-refractivity contribution in [3.05, 3.63) is 72.3 Å². The number of carbonyl (C=O) groups is 2. The average Bonchev–Trinajstić information content (AvgIpc) is 2.78. The van der Waals surface area contributed by atoms with Gasteiger partial charge in [0, 0.05) is 25.6 Å². The Morgan fingerprint density at radius 2 is 1.58 bits per heavy atom. The zero-order valence-electron chi connectivity index (χ0n) is 17.8. The molecule has 0 atom stereocenters. The van der Waals surface area contributed by atoms with Gasteiger partial charge >= 0.3 is 5.97 Å². The van der Waals surface area contributed by atoms with Gasteiger partial charge in [-0.05, 0) is 62.4 Å². The van der Waals surface area contributed by atoms with E-state index in [1.54, 1.807) is 29.2 Å². The van der Waals surface area contributed by atoms with Crippen LogP contribution < -0.4 is 19.3 Å². The van der Waals surface area contributed by atoms with Crippen molar-refractivity contribution in [2.24, 2.45) is 0 Å². The Balaban J connectivity index is 1.83. The molecule has 0 saturated heterocycles. The van der Waals surface area contributed by atoms with Gasteiger partial charge in [0.25, 0.3) is 5.91 Å². The van der Waals surface area contributed by atoms with Gasteiger partial charge in [0.1, 0.15) is 11.4 Å². The monoisotopic (exact) mass is 416 g/mol. The molecule has 0 aromatic heterocycles. The van der Waals surface area contributed by atoms with Crippen molar-refractivity contribution in [3.63, 3.8) is 0 Å². The number of rotatable bonds is 5. The molecule has 6 nitrogen and oxygen atoms in total. The normalized spacial score (nSPS) is 11.8. The van der Waals surface area contributed by atoms with E-state index in [1.807, 2.05) is 42.5 Å². The third-order valence-electron chi connectivity index (χ3n) is 5.20. The van der Waals surface area contributed by atoms with Crippen molar-refractivity contribution < 1.29 is 19.1 Å². The number of anilines is 3. The second-order valence-electron chi connectivity index (χ2n) is 7.12. The lowest BCUT2D eigenvalue weighted by Crippen LogP contribution is -2.32. The Labute approximate surface area is 181 Å². The largest absolute Gasteiger partial charge is 0.453 e. The number of ether oxygens (including phenoxy) is 2. The topological polar surface area (TPSA) is 59.1 Å². The lowest BCUT2D eigenvalue weighted by molar-refractivity contribution is -0.131. The number of hydrogen-bond donors (Lipinski definition) is 0. The molecule has 1 aliphatic heterocycles.